The summed E-state index contributed by atoms with van der Waals surface area (Å²) in [5.74, 6) is 0.938. The van der Waals surface area contributed by atoms with E-state index >= 15 is 0 Å². The lowest BCUT2D eigenvalue weighted by Gasteiger charge is -2.33. The van der Waals surface area contributed by atoms with Crippen LogP contribution in [0.4, 0.5) is 15.9 Å². The molecule has 154 valence electrons. The van der Waals surface area contributed by atoms with Crippen molar-refractivity contribution in [3.63, 3.8) is 0 Å². The van der Waals surface area contributed by atoms with Crippen molar-refractivity contribution in [1.82, 2.24) is 9.97 Å². The second-order valence-electron chi connectivity index (χ2n) is 7.48. The first-order valence-electron chi connectivity index (χ1n) is 9.90. The van der Waals surface area contributed by atoms with Gasteiger partial charge in [0.2, 0.25) is 5.91 Å². The van der Waals surface area contributed by atoms with Crippen LogP contribution < -0.4 is 10.2 Å². The summed E-state index contributed by atoms with van der Waals surface area (Å²) in [4.78, 5) is 23.9. The average Bonchev–Trinajstić information content (AvgIpc) is 2.77. The third kappa shape index (κ3) is 4.67. The Morgan fingerprint density at radius 3 is 2.77 bits per heavy atom. The van der Waals surface area contributed by atoms with Crippen molar-refractivity contribution in [2.24, 2.45) is 5.92 Å². The van der Waals surface area contributed by atoms with Crippen molar-refractivity contribution < 1.29 is 9.18 Å². The van der Waals surface area contributed by atoms with Gasteiger partial charge >= 0.3 is 0 Å². The quantitative estimate of drug-likeness (QED) is 0.570. The molecule has 7 heteroatoms. The zero-order valence-corrected chi connectivity index (χ0v) is 18.2. The monoisotopic (exact) mass is 468 g/mol. The van der Waals surface area contributed by atoms with Crippen LogP contribution in [-0.2, 0) is 4.79 Å². The minimum absolute atomic E-state index is 0.0224. The van der Waals surface area contributed by atoms with Crippen molar-refractivity contribution in [3.8, 4) is 11.4 Å². The molecule has 0 unspecified atom stereocenters. The fraction of sp³-hybridized carbons (Fsp3) is 0.261. The summed E-state index contributed by atoms with van der Waals surface area (Å²) in [5, 5.41) is 3.04. The first kappa shape index (κ1) is 20.5. The maximum Gasteiger partial charge on any atom is 0.229 e. The van der Waals surface area contributed by atoms with E-state index in [1.165, 1.54) is 12.1 Å². The molecule has 1 fully saturated rings. The summed E-state index contributed by atoms with van der Waals surface area (Å²) in [6.07, 6.45) is 3.45. The number of nitrogens with zero attached hydrogens (tertiary/aromatic N) is 3. The second kappa shape index (κ2) is 8.92. The summed E-state index contributed by atoms with van der Waals surface area (Å²) in [6, 6.07) is 13.8. The average molecular weight is 469 g/mol. The van der Waals surface area contributed by atoms with Gasteiger partial charge in [0.25, 0.3) is 0 Å². The minimum atomic E-state index is -0.291. The van der Waals surface area contributed by atoms with Gasteiger partial charge < -0.3 is 10.2 Å². The second-order valence-corrected chi connectivity index (χ2v) is 8.34. The van der Waals surface area contributed by atoms with Crippen molar-refractivity contribution in [1.29, 1.82) is 0 Å². The number of aromatic nitrogens is 2. The molecule has 1 aliphatic rings. The Morgan fingerprint density at radius 2 is 2.00 bits per heavy atom. The van der Waals surface area contributed by atoms with Crippen molar-refractivity contribution in [2.45, 2.75) is 19.8 Å². The number of benzene rings is 2. The van der Waals surface area contributed by atoms with Gasteiger partial charge in [-0.05, 0) is 73.9 Å². The molecule has 1 aromatic heterocycles. The van der Waals surface area contributed by atoms with Gasteiger partial charge in [-0.3, -0.25) is 4.79 Å². The molecule has 30 heavy (non-hydrogen) atoms. The van der Waals surface area contributed by atoms with Gasteiger partial charge in [-0.15, -0.1) is 0 Å². The van der Waals surface area contributed by atoms with E-state index in [1.807, 2.05) is 31.2 Å². The van der Waals surface area contributed by atoms with E-state index in [1.54, 1.807) is 18.3 Å². The highest BCUT2D eigenvalue weighted by molar-refractivity contribution is 9.10. The van der Waals surface area contributed by atoms with Gasteiger partial charge in [-0.1, -0.05) is 15.9 Å². The zero-order valence-electron chi connectivity index (χ0n) is 16.6. The Hall–Kier alpha value is -2.80. The number of hydrogen-bond donors (Lipinski definition) is 1. The number of rotatable bonds is 4. The molecule has 0 bridgehead atoms. The molecule has 2 heterocycles. The van der Waals surface area contributed by atoms with Crippen LogP contribution in [-0.4, -0.2) is 29.0 Å². The van der Waals surface area contributed by atoms with Crippen LogP contribution in [0.5, 0.6) is 0 Å². The van der Waals surface area contributed by atoms with Crippen LogP contribution in [0.3, 0.4) is 0 Å². The van der Waals surface area contributed by atoms with Crippen molar-refractivity contribution in [3.05, 3.63) is 70.6 Å². The van der Waals surface area contributed by atoms with Gasteiger partial charge in [0.1, 0.15) is 11.6 Å². The number of hydrogen-bond acceptors (Lipinski definition) is 4. The fourth-order valence-corrected chi connectivity index (χ4v) is 3.88. The molecule has 1 atom stereocenters. The Bertz CT molecular complexity index is 1060. The lowest BCUT2D eigenvalue weighted by Crippen LogP contribution is -2.41. The van der Waals surface area contributed by atoms with Gasteiger partial charge in [0.05, 0.1) is 5.92 Å². The molecule has 0 radical (unpaired) electrons. The van der Waals surface area contributed by atoms with Crippen LogP contribution in [0.15, 0.2) is 59.2 Å². The number of nitrogens with one attached hydrogen (secondary N) is 1. The number of aryl methyl sites for hydroxylation is 1. The SMILES string of the molecule is Cc1cc(NC(=O)[C@@H]2CCCN(c3ccnc(-c4ccc(F)cc4)n3)C2)ccc1Br. The third-order valence-electron chi connectivity index (χ3n) is 5.28. The molecule has 0 aliphatic carbocycles. The molecule has 1 saturated heterocycles. The summed E-state index contributed by atoms with van der Waals surface area (Å²) in [6.45, 7) is 3.43. The Morgan fingerprint density at radius 1 is 1.20 bits per heavy atom. The third-order valence-corrected chi connectivity index (χ3v) is 6.17. The smallest absolute Gasteiger partial charge is 0.229 e. The van der Waals surface area contributed by atoms with Gasteiger partial charge in [-0.2, -0.15) is 0 Å². The molecule has 4 rings (SSSR count). The first-order valence-corrected chi connectivity index (χ1v) is 10.7. The predicted molar refractivity (Wildman–Crippen MR) is 120 cm³/mol. The highest BCUT2D eigenvalue weighted by Gasteiger charge is 2.27. The Labute approximate surface area is 183 Å². The van der Waals surface area contributed by atoms with Crippen LogP contribution in [0.2, 0.25) is 0 Å². The van der Waals surface area contributed by atoms with Crippen molar-refractivity contribution >= 4 is 33.3 Å². The number of anilines is 2. The number of amides is 1. The van der Waals surface area contributed by atoms with E-state index in [9.17, 15) is 9.18 Å². The summed E-state index contributed by atoms with van der Waals surface area (Å²) < 4.78 is 14.2. The molecule has 1 N–H and O–H groups in total. The van der Waals surface area contributed by atoms with Crippen molar-refractivity contribution in [2.75, 3.05) is 23.3 Å². The molecule has 2 aromatic carbocycles. The molecule has 1 aliphatic heterocycles. The lowest BCUT2D eigenvalue weighted by atomic mass is 9.97. The molecule has 0 spiro atoms. The summed E-state index contributed by atoms with van der Waals surface area (Å²) >= 11 is 3.48. The number of halogens is 2. The molecule has 1 amide bonds. The van der Waals surface area contributed by atoms with E-state index in [2.05, 4.69) is 36.1 Å². The van der Waals surface area contributed by atoms with Crippen LogP contribution in [0, 0.1) is 18.7 Å². The van der Waals surface area contributed by atoms with E-state index in [0.717, 1.165) is 46.5 Å². The Balaban J connectivity index is 1.47. The molecular formula is C23H22BrFN4O. The van der Waals surface area contributed by atoms with Crippen LogP contribution >= 0.6 is 15.9 Å². The first-order chi connectivity index (χ1) is 14.5. The maximum atomic E-state index is 13.2. The van der Waals surface area contributed by atoms with Gasteiger partial charge in [0, 0.05) is 35.0 Å². The molecular weight excluding hydrogens is 447 g/mol. The normalized spacial score (nSPS) is 16.4. The van der Waals surface area contributed by atoms with E-state index in [0.29, 0.717) is 12.4 Å². The highest BCUT2D eigenvalue weighted by Crippen LogP contribution is 2.26. The number of carbonyl (C=O) groups is 1. The molecule has 3 aromatic rings. The fourth-order valence-electron chi connectivity index (χ4n) is 3.63. The lowest BCUT2D eigenvalue weighted by molar-refractivity contribution is -0.120. The van der Waals surface area contributed by atoms with Gasteiger partial charge in [0.15, 0.2) is 5.82 Å². The summed E-state index contributed by atoms with van der Waals surface area (Å²) in [5.41, 5.74) is 2.64. The minimum Gasteiger partial charge on any atom is -0.356 e. The summed E-state index contributed by atoms with van der Waals surface area (Å²) in [7, 11) is 0. The molecule has 0 saturated carbocycles. The van der Waals surface area contributed by atoms with Gasteiger partial charge in [-0.25, -0.2) is 14.4 Å². The van der Waals surface area contributed by atoms with Crippen LogP contribution in [0.25, 0.3) is 11.4 Å². The zero-order chi connectivity index (χ0) is 21.1. The highest BCUT2D eigenvalue weighted by atomic mass is 79.9. The number of piperidine rings is 1. The maximum absolute atomic E-state index is 13.2. The Kier molecular flexibility index (Phi) is 6.08. The van der Waals surface area contributed by atoms with E-state index < -0.39 is 0 Å². The molecule has 5 nitrogen and oxygen atoms in total. The topological polar surface area (TPSA) is 58.1 Å². The van der Waals surface area contributed by atoms with Crippen LogP contribution in [0.1, 0.15) is 18.4 Å². The number of carbonyl (C=O) groups excluding carboxylic acids is 1. The van der Waals surface area contributed by atoms with E-state index in [-0.39, 0.29) is 17.6 Å². The standard InChI is InChI=1S/C23H22BrFN4O/c1-15-13-19(8-9-20(15)24)27-23(30)17-3-2-12-29(14-17)21-10-11-26-22(28-21)16-4-6-18(25)7-5-16/h4-11,13,17H,2-3,12,14H2,1H3,(H,27,30)/t17-/m1/s1. The largest absolute Gasteiger partial charge is 0.356 e. The predicted octanol–water partition coefficient (Wildman–Crippen LogP) is 5.21. The van der Waals surface area contributed by atoms with E-state index in [4.69, 9.17) is 0 Å².